The number of rotatable bonds is 10. The van der Waals surface area contributed by atoms with Crippen molar-refractivity contribution in [3.8, 4) is 0 Å². The van der Waals surface area contributed by atoms with E-state index in [0.29, 0.717) is 34.4 Å². The van der Waals surface area contributed by atoms with Crippen LogP contribution in [0.1, 0.15) is 71.7 Å². The smallest absolute Gasteiger partial charge is 0.144 e. The summed E-state index contributed by atoms with van der Waals surface area (Å²) in [5, 5.41) is 17.6. The van der Waals surface area contributed by atoms with E-state index < -0.39 is 0 Å². The maximum absolute atomic E-state index is 12.5. The predicted molar refractivity (Wildman–Crippen MR) is 150 cm³/mol. The summed E-state index contributed by atoms with van der Waals surface area (Å²) in [6.45, 7) is 0. The van der Waals surface area contributed by atoms with E-state index in [9.17, 15) is 9.59 Å². The summed E-state index contributed by atoms with van der Waals surface area (Å²) < 4.78 is 0. The number of nitrogens with zero attached hydrogens (tertiary/aromatic N) is 6. The van der Waals surface area contributed by atoms with E-state index in [1.807, 2.05) is 24.3 Å². The molecule has 0 bridgehead atoms. The fourth-order valence-electron chi connectivity index (χ4n) is 5.22. The lowest BCUT2D eigenvalue weighted by atomic mass is 9.78. The van der Waals surface area contributed by atoms with Crippen LogP contribution >= 0.6 is 0 Å². The fourth-order valence-corrected chi connectivity index (χ4v) is 5.22. The third-order valence-electron chi connectivity index (χ3n) is 7.16. The van der Waals surface area contributed by atoms with Crippen LogP contribution in [0.3, 0.4) is 0 Å². The van der Waals surface area contributed by atoms with Gasteiger partial charge >= 0.3 is 0 Å². The average Bonchev–Trinajstić information content (AvgIpc) is 2.94. The molecule has 1 fully saturated rings. The van der Waals surface area contributed by atoms with Gasteiger partial charge in [0.05, 0.1) is 47.0 Å². The van der Waals surface area contributed by atoms with Gasteiger partial charge in [0.15, 0.2) is 0 Å². The lowest BCUT2D eigenvalue weighted by Gasteiger charge is -2.28. The van der Waals surface area contributed by atoms with E-state index in [0.717, 1.165) is 37.1 Å². The predicted octanol–water partition coefficient (Wildman–Crippen LogP) is 3.37. The van der Waals surface area contributed by atoms with Crippen molar-refractivity contribution in [1.82, 2.24) is 30.4 Å². The van der Waals surface area contributed by atoms with Crippen molar-refractivity contribution in [3.05, 3.63) is 94.8 Å². The van der Waals surface area contributed by atoms with E-state index in [1.54, 1.807) is 36.4 Å². The maximum atomic E-state index is 12.5. The molecule has 40 heavy (non-hydrogen) atoms. The molecular formula is C30H32N8O2. The lowest BCUT2D eigenvalue weighted by molar-refractivity contribution is -0.118. The van der Waals surface area contributed by atoms with Gasteiger partial charge in [0.2, 0.25) is 0 Å². The second kappa shape index (κ2) is 12.5. The summed E-state index contributed by atoms with van der Waals surface area (Å²) in [6, 6.07) is 18.3. The summed E-state index contributed by atoms with van der Waals surface area (Å²) in [7, 11) is 0. The number of hydrogen-bond acceptors (Lipinski definition) is 10. The highest BCUT2D eigenvalue weighted by molar-refractivity contribution is 5.82. The first kappa shape index (κ1) is 27.0. The van der Waals surface area contributed by atoms with Crippen LogP contribution in [0.15, 0.2) is 60.7 Å². The van der Waals surface area contributed by atoms with Crippen molar-refractivity contribution in [1.29, 1.82) is 0 Å². The third-order valence-corrected chi connectivity index (χ3v) is 7.16. The fraction of sp³-hybridized carbons (Fsp3) is 0.333. The van der Waals surface area contributed by atoms with Crippen molar-refractivity contribution < 1.29 is 9.59 Å². The van der Waals surface area contributed by atoms with E-state index in [-0.39, 0.29) is 49.1 Å². The van der Waals surface area contributed by atoms with Gasteiger partial charge in [0.25, 0.3) is 0 Å². The Kier molecular flexibility index (Phi) is 8.44. The average molecular weight is 537 g/mol. The van der Waals surface area contributed by atoms with Gasteiger partial charge in [-0.25, -0.2) is 9.97 Å². The van der Waals surface area contributed by atoms with Crippen molar-refractivity contribution in [2.75, 3.05) is 11.5 Å². The van der Waals surface area contributed by atoms with Crippen LogP contribution in [0, 0.1) is 0 Å². The molecule has 10 nitrogen and oxygen atoms in total. The highest BCUT2D eigenvalue weighted by Gasteiger charge is 2.27. The van der Waals surface area contributed by atoms with Crippen LogP contribution in [0.25, 0.3) is 0 Å². The minimum absolute atomic E-state index is 0.0167. The third kappa shape index (κ3) is 7.28. The van der Waals surface area contributed by atoms with E-state index in [1.165, 1.54) is 0 Å². The molecule has 1 aliphatic carbocycles. The molecule has 4 aromatic heterocycles. The number of aromatic nitrogens is 6. The minimum Gasteiger partial charge on any atom is -0.384 e. The molecule has 0 spiro atoms. The standard InChI is InChI=1S/C30H32N8O2/c31-29-8-2-6-21(33-29)15-25(39)17-23-10-12-27(37-35-23)19-4-1-5-20(14-19)28-13-11-24(36-38-28)18-26(40)16-22-7-3-9-30(32)34-22/h2-3,6-13,19-20H,1,4-5,14-18H2,(H2,31,33)(H2,32,34)/t19-,20-/m0/s1. The van der Waals surface area contributed by atoms with Gasteiger partial charge in [-0.1, -0.05) is 18.6 Å². The van der Waals surface area contributed by atoms with Gasteiger partial charge in [-0.2, -0.15) is 20.4 Å². The number of carbonyl (C=O) groups is 2. The van der Waals surface area contributed by atoms with Gasteiger partial charge in [-0.05, 0) is 67.8 Å². The maximum Gasteiger partial charge on any atom is 0.144 e. The zero-order valence-electron chi connectivity index (χ0n) is 22.2. The molecule has 5 rings (SSSR count). The molecule has 10 heteroatoms. The highest BCUT2D eigenvalue weighted by Crippen LogP contribution is 2.39. The molecule has 0 aromatic carbocycles. The first-order chi connectivity index (χ1) is 19.4. The normalized spacial score (nSPS) is 16.9. The second-order valence-corrected chi connectivity index (χ2v) is 10.4. The number of nitrogen functional groups attached to an aromatic ring is 2. The molecule has 0 unspecified atom stereocenters. The monoisotopic (exact) mass is 536 g/mol. The molecule has 0 saturated heterocycles. The van der Waals surface area contributed by atoms with E-state index in [4.69, 9.17) is 11.5 Å². The second-order valence-electron chi connectivity index (χ2n) is 10.4. The van der Waals surface area contributed by atoms with Gasteiger partial charge < -0.3 is 11.5 Å². The number of Topliss-reactive ketones (excluding diaryl/α,β-unsaturated/α-hetero) is 2. The molecule has 0 aliphatic heterocycles. The summed E-state index contributed by atoms with van der Waals surface area (Å²) in [5.41, 5.74) is 15.9. The minimum atomic E-state index is 0.0167. The zero-order valence-corrected chi connectivity index (χ0v) is 22.2. The Morgan fingerprint density at radius 1 is 0.600 bits per heavy atom. The summed E-state index contributed by atoms with van der Waals surface area (Å²) >= 11 is 0. The van der Waals surface area contributed by atoms with Gasteiger partial charge in [0.1, 0.15) is 23.2 Å². The number of pyridine rings is 2. The first-order valence-corrected chi connectivity index (χ1v) is 13.5. The molecule has 0 amide bonds. The SMILES string of the molecule is Nc1cccc(CC(=O)Cc2ccc([C@H]3CCC[C@H](c4ccc(CC(=O)Cc5cccc(N)n5)nn4)C3)nn2)n1. The van der Waals surface area contributed by atoms with Gasteiger partial charge in [-0.3, -0.25) is 9.59 Å². The first-order valence-electron chi connectivity index (χ1n) is 13.5. The molecule has 4 heterocycles. The largest absolute Gasteiger partial charge is 0.384 e. The quantitative estimate of drug-likeness (QED) is 0.307. The van der Waals surface area contributed by atoms with E-state index >= 15 is 0 Å². The van der Waals surface area contributed by atoms with Crippen LogP contribution in [-0.2, 0) is 35.3 Å². The van der Waals surface area contributed by atoms with Gasteiger partial charge in [-0.15, -0.1) is 0 Å². The van der Waals surface area contributed by atoms with Crippen molar-refractivity contribution in [2.45, 2.75) is 63.2 Å². The lowest BCUT2D eigenvalue weighted by Crippen LogP contribution is -2.17. The Balaban J connectivity index is 1.14. The number of anilines is 2. The topological polar surface area (TPSA) is 164 Å². The molecule has 1 saturated carbocycles. The van der Waals surface area contributed by atoms with Crippen LogP contribution in [-0.4, -0.2) is 41.9 Å². The van der Waals surface area contributed by atoms with Crippen molar-refractivity contribution >= 4 is 23.2 Å². The number of ketones is 2. The molecule has 1 aliphatic rings. The van der Waals surface area contributed by atoms with Crippen LogP contribution in [0.4, 0.5) is 11.6 Å². The molecule has 4 N–H and O–H groups in total. The highest BCUT2D eigenvalue weighted by atomic mass is 16.1. The van der Waals surface area contributed by atoms with Crippen LogP contribution in [0.5, 0.6) is 0 Å². The molecule has 204 valence electrons. The van der Waals surface area contributed by atoms with Crippen molar-refractivity contribution in [3.63, 3.8) is 0 Å². The summed E-state index contributed by atoms with van der Waals surface area (Å²) in [6.07, 6.45) is 4.86. The number of hydrogen-bond donors (Lipinski definition) is 2. The Labute approximate surface area is 232 Å². The van der Waals surface area contributed by atoms with Crippen LogP contribution < -0.4 is 11.5 Å². The molecule has 0 radical (unpaired) electrons. The van der Waals surface area contributed by atoms with Gasteiger partial charge in [0, 0.05) is 24.7 Å². The molecular weight excluding hydrogens is 504 g/mol. The van der Waals surface area contributed by atoms with Crippen LogP contribution in [0.2, 0.25) is 0 Å². The zero-order chi connectivity index (χ0) is 27.9. The number of carbonyl (C=O) groups excluding carboxylic acids is 2. The summed E-state index contributed by atoms with van der Waals surface area (Å²) in [4.78, 5) is 33.3. The Morgan fingerprint density at radius 3 is 1.45 bits per heavy atom. The van der Waals surface area contributed by atoms with E-state index in [2.05, 4.69) is 30.4 Å². The number of nitrogens with two attached hydrogens (primary N) is 2. The van der Waals surface area contributed by atoms with Crippen molar-refractivity contribution in [2.24, 2.45) is 0 Å². The summed E-state index contributed by atoms with van der Waals surface area (Å²) in [5.74, 6) is 1.37. The Morgan fingerprint density at radius 2 is 1.05 bits per heavy atom. The Bertz CT molecular complexity index is 1360. The molecule has 2 atom stereocenters. The Hall–Kier alpha value is -4.60. The molecule has 4 aromatic rings.